The Morgan fingerprint density at radius 3 is 2.68 bits per heavy atom. The third-order valence-corrected chi connectivity index (χ3v) is 3.52. The zero-order valence-electron chi connectivity index (χ0n) is 11.3. The van der Waals surface area contributed by atoms with E-state index in [1.165, 1.54) is 0 Å². The summed E-state index contributed by atoms with van der Waals surface area (Å²) in [6, 6.07) is 6.08. The number of hydrogen-bond donors (Lipinski definition) is 1. The quantitative estimate of drug-likeness (QED) is 0.866. The molecule has 0 aliphatic carbocycles. The Morgan fingerprint density at radius 2 is 2.05 bits per heavy atom. The molecule has 1 aromatic heterocycles. The highest BCUT2D eigenvalue weighted by Gasteiger charge is 2.18. The first-order chi connectivity index (χ1) is 9.24. The number of piperazine rings is 1. The molecule has 1 aliphatic rings. The summed E-state index contributed by atoms with van der Waals surface area (Å²) in [4.78, 5) is 8.98. The molecular weight excluding hydrogens is 240 g/mol. The summed E-state index contributed by atoms with van der Waals surface area (Å²) in [5, 5.41) is 17.9. The van der Waals surface area contributed by atoms with E-state index in [2.05, 4.69) is 20.9 Å². The van der Waals surface area contributed by atoms with E-state index in [1.54, 1.807) is 0 Å². The molecular formula is C14H20N4O. The number of aryl methyl sites for hydroxylation is 1. The number of hydrogen-bond acceptors (Lipinski definition) is 5. The first-order valence-electron chi connectivity index (χ1n) is 6.70. The molecule has 0 spiro atoms. The molecule has 0 saturated carbocycles. The number of nitrogens with zero attached hydrogens (tertiary/aromatic N) is 4. The van der Waals surface area contributed by atoms with Crippen LogP contribution < -0.4 is 4.90 Å². The first kappa shape index (κ1) is 13.8. The monoisotopic (exact) mass is 260 g/mol. The van der Waals surface area contributed by atoms with Gasteiger partial charge in [-0.15, -0.1) is 0 Å². The Hall–Kier alpha value is -1.64. The SMILES string of the molecule is Cc1ccc(N2CCN(CCCO)CC2)nc1C#N. The minimum absolute atomic E-state index is 0.255. The van der Waals surface area contributed by atoms with Gasteiger partial charge in [0.2, 0.25) is 0 Å². The van der Waals surface area contributed by atoms with Crippen LogP contribution in [0.15, 0.2) is 12.1 Å². The van der Waals surface area contributed by atoms with Gasteiger partial charge in [-0.05, 0) is 25.0 Å². The van der Waals surface area contributed by atoms with E-state index in [9.17, 15) is 0 Å². The van der Waals surface area contributed by atoms with Gasteiger partial charge in [-0.1, -0.05) is 6.07 Å². The molecule has 0 radical (unpaired) electrons. The third kappa shape index (κ3) is 3.43. The fourth-order valence-electron chi connectivity index (χ4n) is 2.30. The Kier molecular flexibility index (Phi) is 4.72. The average molecular weight is 260 g/mol. The molecule has 5 nitrogen and oxygen atoms in total. The van der Waals surface area contributed by atoms with Crippen molar-refractivity contribution in [1.82, 2.24) is 9.88 Å². The van der Waals surface area contributed by atoms with Crippen LogP contribution in [0.4, 0.5) is 5.82 Å². The van der Waals surface area contributed by atoms with Gasteiger partial charge in [0.1, 0.15) is 17.6 Å². The molecule has 0 bridgehead atoms. The third-order valence-electron chi connectivity index (χ3n) is 3.52. The number of aliphatic hydroxyl groups is 1. The maximum absolute atomic E-state index is 9.02. The highest BCUT2D eigenvalue weighted by Crippen LogP contribution is 2.16. The Morgan fingerprint density at radius 1 is 1.32 bits per heavy atom. The van der Waals surface area contributed by atoms with Crippen LogP contribution in [0.2, 0.25) is 0 Å². The minimum Gasteiger partial charge on any atom is -0.396 e. The van der Waals surface area contributed by atoms with Crippen LogP contribution in [0.5, 0.6) is 0 Å². The van der Waals surface area contributed by atoms with Crippen molar-refractivity contribution in [2.24, 2.45) is 0 Å². The van der Waals surface area contributed by atoms with Crippen LogP contribution in [-0.2, 0) is 0 Å². The van der Waals surface area contributed by atoms with Crippen molar-refractivity contribution in [2.75, 3.05) is 44.2 Å². The van der Waals surface area contributed by atoms with Crippen molar-refractivity contribution in [3.05, 3.63) is 23.4 Å². The number of rotatable bonds is 4. The number of aliphatic hydroxyl groups excluding tert-OH is 1. The molecule has 0 aromatic carbocycles. The van der Waals surface area contributed by atoms with E-state index < -0.39 is 0 Å². The molecule has 1 fully saturated rings. The largest absolute Gasteiger partial charge is 0.396 e. The van der Waals surface area contributed by atoms with Crippen LogP contribution in [-0.4, -0.2) is 54.3 Å². The van der Waals surface area contributed by atoms with E-state index in [-0.39, 0.29) is 6.61 Å². The zero-order chi connectivity index (χ0) is 13.7. The van der Waals surface area contributed by atoms with Crippen molar-refractivity contribution in [3.8, 4) is 6.07 Å². The Bertz CT molecular complexity index is 461. The van der Waals surface area contributed by atoms with Crippen molar-refractivity contribution < 1.29 is 5.11 Å². The summed E-state index contributed by atoms with van der Waals surface area (Å²) in [7, 11) is 0. The van der Waals surface area contributed by atoms with Gasteiger partial charge < -0.3 is 10.0 Å². The predicted molar refractivity (Wildman–Crippen MR) is 74.0 cm³/mol. The Balaban J connectivity index is 1.96. The predicted octanol–water partition coefficient (Wildman–Crippen LogP) is 0.766. The van der Waals surface area contributed by atoms with Gasteiger partial charge in [-0.25, -0.2) is 4.98 Å². The molecule has 0 amide bonds. The van der Waals surface area contributed by atoms with E-state index in [0.717, 1.165) is 50.5 Å². The summed E-state index contributed by atoms with van der Waals surface area (Å²) in [6.45, 7) is 6.93. The summed E-state index contributed by atoms with van der Waals surface area (Å²) in [6.07, 6.45) is 0.835. The highest BCUT2D eigenvalue weighted by atomic mass is 16.3. The lowest BCUT2D eigenvalue weighted by atomic mass is 10.2. The smallest absolute Gasteiger partial charge is 0.145 e. The average Bonchev–Trinajstić information content (AvgIpc) is 2.46. The lowest BCUT2D eigenvalue weighted by Gasteiger charge is -2.35. The lowest BCUT2D eigenvalue weighted by Crippen LogP contribution is -2.47. The summed E-state index contributed by atoms with van der Waals surface area (Å²) in [5.74, 6) is 0.893. The second kappa shape index (κ2) is 6.50. The van der Waals surface area contributed by atoms with Gasteiger partial charge in [0, 0.05) is 39.3 Å². The maximum Gasteiger partial charge on any atom is 0.145 e. The highest BCUT2D eigenvalue weighted by molar-refractivity contribution is 5.45. The van der Waals surface area contributed by atoms with Gasteiger partial charge in [0.25, 0.3) is 0 Å². The molecule has 2 rings (SSSR count). The first-order valence-corrected chi connectivity index (χ1v) is 6.70. The van der Waals surface area contributed by atoms with E-state index in [1.807, 2.05) is 19.1 Å². The summed E-state index contributed by atoms with van der Waals surface area (Å²) < 4.78 is 0. The molecule has 0 unspecified atom stereocenters. The van der Waals surface area contributed by atoms with Gasteiger partial charge in [-0.3, -0.25) is 4.90 Å². The fourth-order valence-corrected chi connectivity index (χ4v) is 2.30. The van der Waals surface area contributed by atoms with Gasteiger partial charge in [0.05, 0.1) is 0 Å². The van der Waals surface area contributed by atoms with Gasteiger partial charge in [-0.2, -0.15) is 5.26 Å². The zero-order valence-corrected chi connectivity index (χ0v) is 11.3. The van der Waals surface area contributed by atoms with Gasteiger partial charge in [0.15, 0.2) is 0 Å². The van der Waals surface area contributed by atoms with E-state index in [0.29, 0.717) is 5.69 Å². The molecule has 1 N–H and O–H groups in total. The van der Waals surface area contributed by atoms with E-state index >= 15 is 0 Å². The molecule has 0 atom stereocenters. The Labute approximate surface area is 114 Å². The van der Waals surface area contributed by atoms with Crippen LogP contribution >= 0.6 is 0 Å². The molecule has 1 aromatic rings. The normalized spacial score (nSPS) is 16.4. The molecule has 1 saturated heterocycles. The van der Waals surface area contributed by atoms with Crippen molar-refractivity contribution in [2.45, 2.75) is 13.3 Å². The van der Waals surface area contributed by atoms with Crippen LogP contribution in [0, 0.1) is 18.3 Å². The fraction of sp³-hybridized carbons (Fsp3) is 0.571. The van der Waals surface area contributed by atoms with Crippen LogP contribution in [0.1, 0.15) is 17.7 Å². The van der Waals surface area contributed by atoms with Crippen LogP contribution in [0.3, 0.4) is 0 Å². The van der Waals surface area contributed by atoms with Crippen molar-refractivity contribution >= 4 is 5.82 Å². The molecule has 102 valence electrons. The van der Waals surface area contributed by atoms with Crippen molar-refractivity contribution in [3.63, 3.8) is 0 Å². The maximum atomic E-state index is 9.02. The second-order valence-corrected chi connectivity index (χ2v) is 4.85. The summed E-state index contributed by atoms with van der Waals surface area (Å²) in [5.41, 5.74) is 1.44. The topological polar surface area (TPSA) is 63.4 Å². The minimum atomic E-state index is 0.255. The number of anilines is 1. The van der Waals surface area contributed by atoms with Crippen LogP contribution in [0.25, 0.3) is 0 Å². The van der Waals surface area contributed by atoms with Gasteiger partial charge >= 0.3 is 0 Å². The molecule has 19 heavy (non-hydrogen) atoms. The number of nitriles is 1. The standard InChI is InChI=1S/C14H20N4O/c1-12-3-4-14(16-13(12)11-15)18-8-6-17(7-9-18)5-2-10-19/h3-4,19H,2,5-10H2,1H3. The molecule has 5 heteroatoms. The molecule has 1 aliphatic heterocycles. The number of pyridine rings is 1. The summed E-state index contributed by atoms with van der Waals surface area (Å²) >= 11 is 0. The number of aromatic nitrogens is 1. The van der Waals surface area contributed by atoms with E-state index in [4.69, 9.17) is 10.4 Å². The molecule has 2 heterocycles. The second-order valence-electron chi connectivity index (χ2n) is 4.85. The lowest BCUT2D eigenvalue weighted by molar-refractivity contribution is 0.215. The van der Waals surface area contributed by atoms with Crippen molar-refractivity contribution in [1.29, 1.82) is 5.26 Å².